The Morgan fingerprint density at radius 2 is 1.71 bits per heavy atom. The lowest BCUT2D eigenvalue weighted by Gasteiger charge is -2.19. The van der Waals surface area contributed by atoms with Crippen LogP contribution in [0.25, 0.3) is 11.0 Å². The van der Waals surface area contributed by atoms with Gasteiger partial charge < -0.3 is 23.9 Å². The number of aromatic nitrogens is 2. The maximum absolute atomic E-state index is 10.7. The average Bonchev–Trinajstić information content (AvgIpc) is 3.09. The smallest absolute Gasteiger partial charge is 0.203 e. The molecule has 2 atom stereocenters. The number of hydrogen-bond donors (Lipinski definition) is 1. The zero-order chi connectivity index (χ0) is 20.1. The van der Waals surface area contributed by atoms with Crippen LogP contribution >= 0.6 is 0 Å². The van der Waals surface area contributed by atoms with Gasteiger partial charge in [-0.2, -0.15) is 0 Å². The Hall–Kier alpha value is -2.73. The second-order valence-corrected chi connectivity index (χ2v) is 6.84. The molecule has 0 aliphatic heterocycles. The Morgan fingerprint density at radius 1 is 1.04 bits per heavy atom. The number of hydrogen-bond acceptors (Lipinski definition) is 5. The SMILES string of the molecule is CCC(C)c1nc2ccccc2n1CC(O)COc1c(OC)cccc1OC. The lowest BCUT2D eigenvalue weighted by atomic mass is 10.1. The number of benzene rings is 2. The summed E-state index contributed by atoms with van der Waals surface area (Å²) in [7, 11) is 3.15. The fourth-order valence-corrected chi connectivity index (χ4v) is 3.25. The molecule has 0 aliphatic carbocycles. The molecular formula is C22H28N2O4. The van der Waals surface area contributed by atoms with Crippen molar-refractivity contribution in [3.8, 4) is 17.2 Å². The van der Waals surface area contributed by atoms with Gasteiger partial charge in [-0.25, -0.2) is 4.98 Å². The van der Waals surface area contributed by atoms with E-state index >= 15 is 0 Å². The van der Waals surface area contributed by atoms with Crippen LogP contribution in [0, 0.1) is 0 Å². The molecule has 0 amide bonds. The van der Waals surface area contributed by atoms with E-state index in [2.05, 4.69) is 18.4 Å². The number of aliphatic hydroxyl groups is 1. The number of aliphatic hydroxyl groups excluding tert-OH is 1. The highest BCUT2D eigenvalue weighted by Crippen LogP contribution is 2.36. The lowest BCUT2D eigenvalue weighted by molar-refractivity contribution is 0.0894. The van der Waals surface area contributed by atoms with E-state index in [1.54, 1.807) is 26.4 Å². The summed E-state index contributed by atoms with van der Waals surface area (Å²) in [6.45, 7) is 4.81. The summed E-state index contributed by atoms with van der Waals surface area (Å²) in [5.74, 6) is 2.91. The molecule has 1 N–H and O–H groups in total. The van der Waals surface area contributed by atoms with Crippen LogP contribution in [0.5, 0.6) is 17.2 Å². The van der Waals surface area contributed by atoms with Crippen molar-refractivity contribution < 1.29 is 19.3 Å². The van der Waals surface area contributed by atoms with E-state index in [0.29, 0.717) is 29.7 Å². The van der Waals surface area contributed by atoms with Crippen molar-refractivity contribution in [3.63, 3.8) is 0 Å². The maximum Gasteiger partial charge on any atom is 0.203 e. The molecule has 150 valence electrons. The van der Waals surface area contributed by atoms with Crippen molar-refractivity contribution in [2.45, 2.75) is 38.8 Å². The first-order valence-corrected chi connectivity index (χ1v) is 9.56. The molecule has 0 bridgehead atoms. The molecule has 3 rings (SSSR count). The highest BCUT2D eigenvalue weighted by atomic mass is 16.5. The molecule has 0 saturated heterocycles. The number of para-hydroxylation sites is 3. The van der Waals surface area contributed by atoms with Crippen LogP contribution < -0.4 is 14.2 Å². The first kappa shape index (κ1) is 20.0. The molecule has 2 unspecified atom stereocenters. The van der Waals surface area contributed by atoms with Crippen LogP contribution in [-0.2, 0) is 6.54 Å². The third kappa shape index (κ3) is 4.07. The molecule has 6 heteroatoms. The molecule has 1 aromatic heterocycles. The van der Waals surface area contributed by atoms with Crippen molar-refractivity contribution in [2.24, 2.45) is 0 Å². The van der Waals surface area contributed by atoms with Gasteiger partial charge in [-0.1, -0.05) is 32.0 Å². The van der Waals surface area contributed by atoms with Crippen LogP contribution in [-0.4, -0.2) is 41.6 Å². The van der Waals surface area contributed by atoms with Gasteiger partial charge in [0.15, 0.2) is 11.5 Å². The zero-order valence-corrected chi connectivity index (χ0v) is 16.9. The van der Waals surface area contributed by atoms with E-state index in [1.165, 1.54) is 0 Å². The van der Waals surface area contributed by atoms with Crippen molar-refractivity contribution in [1.82, 2.24) is 9.55 Å². The fourth-order valence-electron chi connectivity index (χ4n) is 3.25. The maximum atomic E-state index is 10.7. The van der Waals surface area contributed by atoms with Crippen molar-refractivity contribution in [2.75, 3.05) is 20.8 Å². The Labute approximate surface area is 165 Å². The third-order valence-electron chi connectivity index (χ3n) is 4.93. The van der Waals surface area contributed by atoms with Crippen LogP contribution in [0.4, 0.5) is 0 Å². The highest BCUT2D eigenvalue weighted by Gasteiger charge is 2.19. The van der Waals surface area contributed by atoms with E-state index in [9.17, 15) is 5.11 Å². The molecule has 0 fully saturated rings. The number of ether oxygens (including phenoxy) is 3. The molecule has 0 radical (unpaired) electrons. The summed E-state index contributed by atoms with van der Waals surface area (Å²) in [5, 5.41) is 10.7. The largest absolute Gasteiger partial charge is 0.493 e. The summed E-state index contributed by atoms with van der Waals surface area (Å²) >= 11 is 0. The van der Waals surface area contributed by atoms with Gasteiger partial charge in [-0.05, 0) is 30.7 Å². The number of imidazole rings is 1. The fraction of sp³-hybridized carbons (Fsp3) is 0.409. The summed E-state index contributed by atoms with van der Waals surface area (Å²) < 4.78 is 18.7. The summed E-state index contributed by atoms with van der Waals surface area (Å²) in [4.78, 5) is 4.78. The normalized spacial score (nSPS) is 13.3. The average molecular weight is 384 g/mol. The van der Waals surface area contributed by atoms with Crippen LogP contribution in [0.2, 0.25) is 0 Å². The Morgan fingerprint density at radius 3 is 2.36 bits per heavy atom. The first-order chi connectivity index (χ1) is 13.6. The minimum Gasteiger partial charge on any atom is -0.493 e. The third-order valence-corrected chi connectivity index (χ3v) is 4.93. The number of nitrogens with zero attached hydrogens (tertiary/aromatic N) is 2. The van der Waals surface area contributed by atoms with Gasteiger partial charge >= 0.3 is 0 Å². The lowest BCUT2D eigenvalue weighted by Crippen LogP contribution is -2.25. The summed E-state index contributed by atoms with van der Waals surface area (Å²) in [6, 6.07) is 13.4. The Bertz CT molecular complexity index is 900. The molecule has 1 heterocycles. The van der Waals surface area contributed by atoms with E-state index in [1.807, 2.05) is 30.3 Å². The van der Waals surface area contributed by atoms with Crippen molar-refractivity contribution in [3.05, 3.63) is 48.3 Å². The predicted molar refractivity (Wildman–Crippen MR) is 109 cm³/mol. The van der Waals surface area contributed by atoms with E-state index in [0.717, 1.165) is 23.3 Å². The predicted octanol–water partition coefficient (Wildman–Crippen LogP) is 4.01. The van der Waals surface area contributed by atoms with Crippen molar-refractivity contribution >= 4 is 11.0 Å². The molecule has 0 spiro atoms. The monoisotopic (exact) mass is 384 g/mol. The highest BCUT2D eigenvalue weighted by molar-refractivity contribution is 5.76. The van der Waals surface area contributed by atoms with Gasteiger partial charge in [0.25, 0.3) is 0 Å². The van der Waals surface area contributed by atoms with Gasteiger partial charge in [0.1, 0.15) is 18.5 Å². The number of rotatable bonds is 9. The summed E-state index contributed by atoms with van der Waals surface area (Å²) in [5.41, 5.74) is 1.96. The second kappa shape index (κ2) is 8.97. The topological polar surface area (TPSA) is 65.7 Å². The van der Waals surface area contributed by atoms with E-state index in [-0.39, 0.29) is 6.61 Å². The standard InChI is InChI=1S/C22H28N2O4/c1-5-15(2)22-23-17-9-6-7-10-18(17)24(22)13-16(25)14-28-21-19(26-3)11-8-12-20(21)27-4/h6-12,15-16,25H,5,13-14H2,1-4H3. The first-order valence-electron chi connectivity index (χ1n) is 9.56. The van der Waals surface area contributed by atoms with Crippen LogP contribution in [0.1, 0.15) is 32.0 Å². The van der Waals surface area contributed by atoms with Crippen molar-refractivity contribution in [1.29, 1.82) is 0 Å². The van der Waals surface area contributed by atoms with Gasteiger partial charge in [-0.3, -0.25) is 0 Å². The molecule has 6 nitrogen and oxygen atoms in total. The second-order valence-electron chi connectivity index (χ2n) is 6.84. The Balaban J connectivity index is 1.80. The minimum absolute atomic E-state index is 0.114. The van der Waals surface area contributed by atoms with Gasteiger partial charge in [0, 0.05) is 5.92 Å². The molecule has 0 aliphatic rings. The molecular weight excluding hydrogens is 356 g/mol. The van der Waals surface area contributed by atoms with Crippen LogP contribution in [0.15, 0.2) is 42.5 Å². The van der Waals surface area contributed by atoms with E-state index < -0.39 is 6.10 Å². The zero-order valence-electron chi connectivity index (χ0n) is 16.9. The van der Waals surface area contributed by atoms with Gasteiger partial charge in [0.05, 0.1) is 31.8 Å². The van der Waals surface area contributed by atoms with E-state index in [4.69, 9.17) is 19.2 Å². The molecule has 28 heavy (non-hydrogen) atoms. The number of fused-ring (bicyclic) bond motifs is 1. The molecule has 0 saturated carbocycles. The molecule has 2 aromatic carbocycles. The van der Waals surface area contributed by atoms with Gasteiger partial charge in [0.2, 0.25) is 5.75 Å². The molecule has 3 aromatic rings. The number of methoxy groups -OCH3 is 2. The van der Waals surface area contributed by atoms with Crippen LogP contribution in [0.3, 0.4) is 0 Å². The Kier molecular flexibility index (Phi) is 6.41. The minimum atomic E-state index is -0.713. The van der Waals surface area contributed by atoms with Gasteiger partial charge in [-0.15, -0.1) is 0 Å². The summed E-state index contributed by atoms with van der Waals surface area (Å²) in [6.07, 6.45) is 0.268. The quantitative estimate of drug-likeness (QED) is 0.604.